The van der Waals surface area contributed by atoms with Crippen molar-refractivity contribution < 1.29 is 4.79 Å². The number of rotatable bonds is 6. The molecule has 0 saturated carbocycles. The molecule has 178 valence electrons. The van der Waals surface area contributed by atoms with Gasteiger partial charge in [0.15, 0.2) is 0 Å². The zero-order chi connectivity index (χ0) is 24.2. The first-order valence-electron chi connectivity index (χ1n) is 11.9. The number of imidazole rings is 1. The second kappa shape index (κ2) is 10.2. The third kappa shape index (κ3) is 5.62. The third-order valence-corrected chi connectivity index (χ3v) is 6.14. The van der Waals surface area contributed by atoms with Crippen molar-refractivity contribution in [2.45, 2.75) is 32.4 Å². The molecule has 8 nitrogen and oxygen atoms in total. The van der Waals surface area contributed by atoms with Gasteiger partial charge < -0.3 is 15.6 Å². The van der Waals surface area contributed by atoms with Crippen molar-refractivity contribution in [1.82, 2.24) is 24.4 Å². The normalized spacial score (nSPS) is 16.2. The summed E-state index contributed by atoms with van der Waals surface area (Å²) >= 11 is 0. The Morgan fingerprint density at radius 1 is 1.11 bits per heavy atom. The SMILES string of the molecule is Cc1cn(-c2cc(CN3CCC[C@H](N)C3)nc(NC(=O)c3cc(-c4ccccc4)ccn3)c2)cn1. The smallest absolute Gasteiger partial charge is 0.275 e. The maximum Gasteiger partial charge on any atom is 0.275 e. The van der Waals surface area contributed by atoms with Crippen molar-refractivity contribution in [2.75, 3.05) is 18.4 Å². The van der Waals surface area contributed by atoms with Crippen molar-refractivity contribution in [3.8, 4) is 16.8 Å². The lowest BCUT2D eigenvalue weighted by molar-refractivity contribution is 0.102. The first-order chi connectivity index (χ1) is 17.0. The highest BCUT2D eigenvalue weighted by molar-refractivity contribution is 6.03. The van der Waals surface area contributed by atoms with E-state index in [4.69, 9.17) is 10.7 Å². The number of piperidine rings is 1. The summed E-state index contributed by atoms with van der Waals surface area (Å²) in [6, 6.07) is 17.7. The molecule has 1 fully saturated rings. The molecule has 4 heterocycles. The summed E-state index contributed by atoms with van der Waals surface area (Å²) in [4.78, 5) is 28.8. The van der Waals surface area contributed by atoms with Crippen LogP contribution in [0.3, 0.4) is 0 Å². The van der Waals surface area contributed by atoms with E-state index in [1.807, 2.05) is 66.2 Å². The first-order valence-corrected chi connectivity index (χ1v) is 11.9. The second-order valence-corrected chi connectivity index (χ2v) is 9.01. The molecule has 1 saturated heterocycles. The highest BCUT2D eigenvalue weighted by Gasteiger charge is 2.18. The van der Waals surface area contributed by atoms with Gasteiger partial charge in [-0.15, -0.1) is 0 Å². The summed E-state index contributed by atoms with van der Waals surface area (Å²) in [6.45, 7) is 4.44. The van der Waals surface area contributed by atoms with E-state index in [0.29, 0.717) is 18.1 Å². The van der Waals surface area contributed by atoms with Crippen molar-refractivity contribution >= 4 is 11.7 Å². The highest BCUT2D eigenvalue weighted by atomic mass is 16.1. The molecule has 3 N–H and O–H groups in total. The van der Waals surface area contributed by atoms with Crippen LogP contribution in [0.1, 0.15) is 34.7 Å². The Kier molecular flexibility index (Phi) is 6.65. The Labute approximate surface area is 204 Å². The number of carbonyl (C=O) groups excluding carboxylic acids is 1. The summed E-state index contributed by atoms with van der Waals surface area (Å²) in [5, 5.41) is 2.95. The molecule has 1 amide bonds. The summed E-state index contributed by atoms with van der Waals surface area (Å²) in [6.07, 6.45) is 7.50. The number of nitrogens with one attached hydrogen (secondary N) is 1. The van der Waals surface area contributed by atoms with Gasteiger partial charge in [0, 0.05) is 37.6 Å². The Morgan fingerprint density at radius 3 is 2.74 bits per heavy atom. The van der Waals surface area contributed by atoms with E-state index < -0.39 is 0 Å². The molecule has 1 aromatic carbocycles. The molecule has 0 aliphatic carbocycles. The Morgan fingerprint density at radius 2 is 1.97 bits per heavy atom. The van der Waals surface area contributed by atoms with Gasteiger partial charge in [-0.2, -0.15) is 0 Å². The Hall–Kier alpha value is -3.88. The highest BCUT2D eigenvalue weighted by Crippen LogP contribution is 2.21. The van der Waals surface area contributed by atoms with Crippen LogP contribution in [0.5, 0.6) is 0 Å². The number of nitrogens with two attached hydrogens (primary N) is 1. The van der Waals surface area contributed by atoms with Gasteiger partial charge in [0.1, 0.15) is 11.5 Å². The van der Waals surface area contributed by atoms with Crippen LogP contribution in [-0.4, -0.2) is 49.5 Å². The molecule has 35 heavy (non-hydrogen) atoms. The summed E-state index contributed by atoms with van der Waals surface area (Å²) < 4.78 is 1.94. The van der Waals surface area contributed by atoms with Crippen molar-refractivity contribution in [1.29, 1.82) is 0 Å². The minimum atomic E-state index is -0.305. The molecule has 4 aromatic rings. The van der Waals surface area contributed by atoms with Gasteiger partial charge >= 0.3 is 0 Å². The minimum Gasteiger partial charge on any atom is -0.327 e. The number of hydrogen-bond donors (Lipinski definition) is 2. The number of carbonyl (C=O) groups is 1. The van der Waals surface area contributed by atoms with E-state index in [2.05, 4.69) is 20.2 Å². The van der Waals surface area contributed by atoms with E-state index in [1.54, 1.807) is 18.6 Å². The predicted octanol–water partition coefficient (Wildman–Crippen LogP) is 3.81. The molecule has 8 heteroatoms. The lowest BCUT2D eigenvalue weighted by Crippen LogP contribution is -2.42. The molecule has 5 rings (SSSR count). The van der Waals surface area contributed by atoms with Gasteiger partial charge in [-0.1, -0.05) is 30.3 Å². The number of likely N-dealkylation sites (tertiary alicyclic amines) is 1. The van der Waals surface area contributed by atoms with Crippen LogP contribution in [0.15, 0.2) is 73.3 Å². The van der Waals surface area contributed by atoms with Crippen LogP contribution in [0.2, 0.25) is 0 Å². The van der Waals surface area contributed by atoms with Crippen LogP contribution in [0, 0.1) is 6.92 Å². The van der Waals surface area contributed by atoms with Crippen molar-refractivity contribution in [2.24, 2.45) is 5.73 Å². The van der Waals surface area contributed by atoms with Crippen molar-refractivity contribution in [3.05, 3.63) is 90.4 Å². The predicted molar refractivity (Wildman–Crippen MR) is 136 cm³/mol. The van der Waals surface area contributed by atoms with E-state index in [9.17, 15) is 4.79 Å². The quantitative estimate of drug-likeness (QED) is 0.447. The lowest BCUT2D eigenvalue weighted by atomic mass is 10.1. The van der Waals surface area contributed by atoms with Crippen LogP contribution in [-0.2, 0) is 6.54 Å². The summed E-state index contributed by atoms with van der Waals surface area (Å²) in [7, 11) is 0. The van der Waals surface area contributed by atoms with Crippen LogP contribution in [0.4, 0.5) is 5.82 Å². The standard InChI is InChI=1S/C27H29N7O/c1-19-15-34(18-30-19)24-13-23(17-33-11-5-8-22(28)16-33)31-26(14-24)32-27(35)25-12-21(9-10-29-25)20-6-3-2-4-7-20/h2-4,6-7,9-10,12-15,18,22H,5,8,11,16-17,28H2,1H3,(H,31,32,35)/t22-/m0/s1. The van der Waals surface area contributed by atoms with E-state index in [-0.39, 0.29) is 11.9 Å². The van der Waals surface area contributed by atoms with Gasteiger partial charge in [0.25, 0.3) is 5.91 Å². The molecule has 3 aromatic heterocycles. The molecule has 0 bridgehead atoms. The monoisotopic (exact) mass is 467 g/mol. The molecule has 0 unspecified atom stereocenters. The summed E-state index contributed by atoms with van der Waals surface area (Å²) in [5.74, 6) is 0.169. The molecule has 0 spiro atoms. The van der Waals surface area contributed by atoms with Gasteiger partial charge in [-0.05, 0) is 55.6 Å². The number of hydrogen-bond acceptors (Lipinski definition) is 6. The number of amides is 1. The molecule has 1 atom stereocenters. The van der Waals surface area contributed by atoms with Gasteiger partial charge in [-0.25, -0.2) is 9.97 Å². The minimum absolute atomic E-state index is 0.186. The fourth-order valence-electron chi connectivity index (χ4n) is 4.44. The van der Waals surface area contributed by atoms with E-state index in [0.717, 1.165) is 54.1 Å². The fraction of sp³-hybridized carbons (Fsp3) is 0.259. The number of nitrogens with zero attached hydrogens (tertiary/aromatic N) is 5. The summed E-state index contributed by atoms with van der Waals surface area (Å²) in [5.41, 5.74) is 11.1. The average Bonchev–Trinajstić information content (AvgIpc) is 3.31. The van der Waals surface area contributed by atoms with Crippen molar-refractivity contribution in [3.63, 3.8) is 0 Å². The number of pyridine rings is 2. The van der Waals surface area contributed by atoms with Gasteiger partial charge in [0.2, 0.25) is 0 Å². The van der Waals surface area contributed by atoms with Gasteiger partial charge in [-0.3, -0.25) is 14.7 Å². The fourth-order valence-corrected chi connectivity index (χ4v) is 4.44. The third-order valence-electron chi connectivity index (χ3n) is 6.14. The maximum atomic E-state index is 13.1. The maximum absolute atomic E-state index is 13.1. The Balaban J connectivity index is 1.42. The number of aromatic nitrogens is 4. The molecular formula is C27H29N7O. The second-order valence-electron chi connectivity index (χ2n) is 9.01. The zero-order valence-corrected chi connectivity index (χ0v) is 19.8. The largest absolute Gasteiger partial charge is 0.327 e. The average molecular weight is 468 g/mol. The Bertz CT molecular complexity index is 1320. The van der Waals surface area contributed by atoms with Crippen LogP contribution >= 0.6 is 0 Å². The van der Waals surface area contributed by atoms with Crippen LogP contribution in [0.25, 0.3) is 16.8 Å². The van der Waals surface area contributed by atoms with E-state index >= 15 is 0 Å². The molecule has 1 aliphatic heterocycles. The van der Waals surface area contributed by atoms with Gasteiger partial charge in [0.05, 0.1) is 23.4 Å². The first kappa shape index (κ1) is 22.9. The lowest BCUT2D eigenvalue weighted by Gasteiger charge is -2.30. The molecule has 1 aliphatic rings. The molecular weight excluding hydrogens is 438 g/mol. The van der Waals surface area contributed by atoms with E-state index in [1.165, 1.54) is 0 Å². The number of benzene rings is 1. The number of anilines is 1. The number of aryl methyl sites for hydroxylation is 1. The topological polar surface area (TPSA) is 102 Å². The zero-order valence-electron chi connectivity index (χ0n) is 19.8. The molecule has 0 radical (unpaired) electrons. The van der Waals surface area contributed by atoms with Crippen LogP contribution < -0.4 is 11.1 Å².